The third-order valence-electron chi connectivity index (χ3n) is 0. The Morgan fingerprint density at radius 3 is 1.00 bits per heavy atom. The minimum absolute atomic E-state index is 0. The van der Waals surface area contributed by atoms with Gasteiger partial charge in [0.2, 0.25) is 0 Å². The molecule has 0 spiro atoms. The fraction of sp³-hybridized carbons (Fsp3) is 0. The molecule has 0 aromatic heterocycles. The van der Waals surface area contributed by atoms with Crippen molar-refractivity contribution in [2.24, 2.45) is 0 Å². The molecule has 0 N–H and O–H groups in total. The summed E-state index contributed by atoms with van der Waals surface area (Å²) in [7, 11) is 0. The molecule has 0 rings (SSSR count). The Hall–Kier alpha value is 1.61. The van der Waals surface area contributed by atoms with Gasteiger partial charge in [0, 0.05) is 50.9 Å². The molecule has 0 saturated carbocycles. The molecule has 0 saturated heterocycles. The summed E-state index contributed by atoms with van der Waals surface area (Å²) in [5.74, 6) is 0. The van der Waals surface area contributed by atoms with E-state index < -0.39 is 0 Å². The van der Waals surface area contributed by atoms with Gasteiger partial charge in [0.25, 0.3) is 0 Å². The molecule has 30 valence electrons. The topological polar surface area (TPSA) is 0 Å². The van der Waals surface area contributed by atoms with E-state index in [1.807, 2.05) is 0 Å². The van der Waals surface area contributed by atoms with E-state index in [0.717, 1.165) is 0 Å². The van der Waals surface area contributed by atoms with Gasteiger partial charge in [0.15, 0.2) is 0 Å². The van der Waals surface area contributed by atoms with Crippen molar-refractivity contribution in [3.05, 3.63) is 0 Å². The van der Waals surface area contributed by atoms with Crippen molar-refractivity contribution in [3.8, 4) is 0 Å². The molecule has 0 aromatic rings. The molecule has 4 heavy (non-hydrogen) atoms. The van der Waals surface area contributed by atoms with Crippen LogP contribution >= 0.6 is 0 Å². The fourth-order valence-electron chi connectivity index (χ4n) is 0. The van der Waals surface area contributed by atoms with Gasteiger partial charge in [-0.3, -0.25) is 0 Å². The third-order valence-corrected chi connectivity index (χ3v) is 0. The van der Waals surface area contributed by atoms with E-state index in [9.17, 15) is 0 Å². The quantitative estimate of drug-likeness (QED) is 0.411. The van der Waals surface area contributed by atoms with Gasteiger partial charge in [-0.2, -0.15) is 0 Å². The average molecular weight is 180 g/mol. The molecule has 0 radical (unpaired) electrons. The number of rotatable bonds is 0. The van der Waals surface area contributed by atoms with Crippen LogP contribution in [-0.2, 0) is 50.9 Å². The standard InChI is InChI=1S/BH3.Cr.Fe.Ni/h1H3;;;. The first-order chi connectivity index (χ1) is 0. The molecular formula is H3BCrFeNi. The molecule has 0 fully saturated rings. The monoisotopic (exact) mass is 180 g/mol. The van der Waals surface area contributed by atoms with Gasteiger partial charge in [-0.15, -0.1) is 0 Å². The first-order valence-corrected chi connectivity index (χ1v) is 0. The van der Waals surface area contributed by atoms with E-state index in [1.165, 1.54) is 0 Å². The molecule has 0 amide bonds. The zero-order chi connectivity index (χ0) is 0. The smallest absolute Gasteiger partial charge is 0 e. The maximum Gasteiger partial charge on any atom is 0.0814 e. The average Bonchev–Trinajstić information content (AvgIpc) is 0. The van der Waals surface area contributed by atoms with Crippen LogP contribution in [0.25, 0.3) is 0 Å². The van der Waals surface area contributed by atoms with Crippen LogP contribution in [0, 0.1) is 0 Å². The van der Waals surface area contributed by atoms with Crippen LogP contribution in [0.4, 0.5) is 0 Å². The van der Waals surface area contributed by atoms with Crippen LogP contribution in [0.15, 0.2) is 0 Å². The second kappa shape index (κ2) is 23.2. The van der Waals surface area contributed by atoms with Gasteiger partial charge in [-0.05, 0) is 0 Å². The van der Waals surface area contributed by atoms with Crippen molar-refractivity contribution in [1.82, 2.24) is 0 Å². The van der Waals surface area contributed by atoms with E-state index >= 15 is 0 Å². The first-order valence-electron chi connectivity index (χ1n) is 0. The predicted molar refractivity (Wildman–Crippen MR) is 9.94 cm³/mol. The van der Waals surface area contributed by atoms with E-state index in [2.05, 4.69) is 0 Å². The minimum Gasteiger partial charge on any atom is 0 e. The van der Waals surface area contributed by atoms with Gasteiger partial charge in [-0.25, -0.2) is 0 Å². The van der Waals surface area contributed by atoms with Crippen molar-refractivity contribution in [2.45, 2.75) is 0 Å². The molecule has 4 heteroatoms. The summed E-state index contributed by atoms with van der Waals surface area (Å²) in [6.07, 6.45) is 0. The van der Waals surface area contributed by atoms with Crippen LogP contribution < -0.4 is 0 Å². The summed E-state index contributed by atoms with van der Waals surface area (Å²) in [5, 5.41) is 0. The Labute approximate surface area is 59.2 Å². The van der Waals surface area contributed by atoms with Gasteiger partial charge in [0.05, 0.1) is 8.41 Å². The van der Waals surface area contributed by atoms with E-state index in [1.54, 1.807) is 0 Å². The van der Waals surface area contributed by atoms with Gasteiger partial charge < -0.3 is 0 Å². The summed E-state index contributed by atoms with van der Waals surface area (Å²) in [4.78, 5) is 0. The van der Waals surface area contributed by atoms with Crippen LogP contribution in [0.2, 0.25) is 0 Å². The zero-order valence-electron chi connectivity index (χ0n) is 1.08. The Kier molecular flexibility index (Phi) is 266. The molecule has 0 heterocycles. The molecular weight excluding hydrogens is 177 g/mol. The summed E-state index contributed by atoms with van der Waals surface area (Å²) < 4.78 is 0. The van der Waals surface area contributed by atoms with Crippen molar-refractivity contribution < 1.29 is 50.9 Å². The third kappa shape index (κ3) is 9.49. The summed E-state index contributed by atoms with van der Waals surface area (Å²) in [5.41, 5.74) is 0. The fourth-order valence-corrected chi connectivity index (χ4v) is 0. The Bertz CT molecular complexity index is 8.00. The van der Waals surface area contributed by atoms with E-state index in [4.69, 9.17) is 0 Å². The SMILES string of the molecule is B.[Cr].[Fe].[Ni]. The number of hydrogen-bond donors (Lipinski definition) is 0. The van der Waals surface area contributed by atoms with Crippen molar-refractivity contribution in [3.63, 3.8) is 0 Å². The van der Waals surface area contributed by atoms with Crippen LogP contribution in [0.5, 0.6) is 0 Å². The summed E-state index contributed by atoms with van der Waals surface area (Å²) in [6.45, 7) is 0. The first kappa shape index (κ1) is 46.0. The van der Waals surface area contributed by atoms with E-state index in [0.29, 0.717) is 0 Å². The number of hydrogen-bond acceptors (Lipinski definition) is 0. The van der Waals surface area contributed by atoms with Gasteiger partial charge >= 0.3 is 0 Å². The molecule has 0 nitrogen and oxygen atoms in total. The maximum absolute atomic E-state index is 0. The maximum atomic E-state index is 0. The molecule has 0 aliphatic carbocycles. The largest absolute Gasteiger partial charge is 0.0814 e. The van der Waals surface area contributed by atoms with Gasteiger partial charge in [-0.1, -0.05) is 0 Å². The van der Waals surface area contributed by atoms with Gasteiger partial charge in [0.1, 0.15) is 0 Å². The Morgan fingerprint density at radius 2 is 1.00 bits per heavy atom. The molecule has 0 bridgehead atoms. The van der Waals surface area contributed by atoms with Crippen molar-refractivity contribution >= 4 is 8.41 Å². The van der Waals surface area contributed by atoms with E-state index in [-0.39, 0.29) is 59.3 Å². The summed E-state index contributed by atoms with van der Waals surface area (Å²) in [6, 6.07) is 0. The Balaban J connectivity index is 0. The minimum atomic E-state index is 0. The van der Waals surface area contributed by atoms with Crippen molar-refractivity contribution in [2.75, 3.05) is 0 Å². The summed E-state index contributed by atoms with van der Waals surface area (Å²) >= 11 is 0. The molecule has 0 aliphatic heterocycles. The molecule has 0 aliphatic rings. The second-order valence-corrected chi connectivity index (χ2v) is 0. The normalized spacial score (nSPS) is 0. The van der Waals surface area contributed by atoms with Crippen LogP contribution in [-0.4, -0.2) is 8.41 Å². The zero-order valence-corrected chi connectivity index (χ0v) is 4.44. The van der Waals surface area contributed by atoms with Crippen molar-refractivity contribution in [1.29, 1.82) is 0 Å². The van der Waals surface area contributed by atoms with Crippen LogP contribution in [0.1, 0.15) is 0 Å². The Morgan fingerprint density at radius 1 is 1.00 bits per heavy atom. The van der Waals surface area contributed by atoms with Crippen LogP contribution in [0.3, 0.4) is 0 Å². The molecule has 0 atom stereocenters. The predicted octanol–water partition coefficient (Wildman–Crippen LogP) is -1.19. The molecule has 0 unspecified atom stereocenters. The second-order valence-electron chi connectivity index (χ2n) is 0. The molecule has 0 aromatic carbocycles.